The number of amides is 2. The molecule has 1 aliphatic carbocycles. The van der Waals surface area contributed by atoms with E-state index in [1.165, 1.54) is 29.0 Å². The lowest BCUT2D eigenvalue weighted by Crippen LogP contribution is -2.48. The summed E-state index contributed by atoms with van der Waals surface area (Å²) in [5, 5.41) is 9.35. The zero-order chi connectivity index (χ0) is 24.1. The SMILES string of the molecule is CCc1c(C2C3=C(CCC3=O)N(c3cccc(C(F)(F)F)c3)C(=O)N2C)ccc(C#N)c1S. The number of hydrogen-bond donors (Lipinski definition) is 1. The molecule has 1 atom stereocenters. The van der Waals surface area contributed by atoms with E-state index in [0.717, 1.165) is 17.7 Å². The molecule has 0 aromatic heterocycles. The van der Waals surface area contributed by atoms with Gasteiger partial charge in [-0.15, -0.1) is 12.6 Å². The number of rotatable bonds is 3. The normalized spacial score (nSPS) is 18.6. The number of ketones is 1. The molecular formula is C24H20F3N3O2S. The average molecular weight is 472 g/mol. The Balaban J connectivity index is 1.92. The molecule has 2 aliphatic rings. The van der Waals surface area contributed by atoms with Crippen molar-refractivity contribution in [1.82, 2.24) is 4.90 Å². The number of thiol groups is 1. The van der Waals surface area contributed by atoms with E-state index in [0.29, 0.717) is 33.7 Å². The van der Waals surface area contributed by atoms with Gasteiger partial charge in [-0.25, -0.2) is 4.79 Å². The molecule has 2 aromatic rings. The number of benzene rings is 2. The molecule has 0 fully saturated rings. The predicted octanol–water partition coefficient (Wildman–Crippen LogP) is 5.66. The molecular weight excluding hydrogens is 451 g/mol. The molecule has 170 valence electrons. The van der Waals surface area contributed by atoms with Crippen LogP contribution in [0.1, 0.15) is 48.1 Å². The van der Waals surface area contributed by atoms with E-state index < -0.39 is 23.8 Å². The van der Waals surface area contributed by atoms with Gasteiger partial charge in [-0.1, -0.05) is 19.1 Å². The van der Waals surface area contributed by atoms with Crippen molar-refractivity contribution in [3.8, 4) is 6.07 Å². The number of carbonyl (C=O) groups is 2. The minimum atomic E-state index is -4.56. The van der Waals surface area contributed by atoms with Gasteiger partial charge in [-0.2, -0.15) is 18.4 Å². The number of halogens is 3. The van der Waals surface area contributed by atoms with E-state index in [1.807, 2.05) is 6.92 Å². The fraction of sp³-hybridized carbons (Fsp3) is 0.292. The van der Waals surface area contributed by atoms with Crippen molar-refractivity contribution < 1.29 is 22.8 Å². The van der Waals surface area contributed by atoms with Gasteiger partial charge in [-0.3, -0.25) is 9.69 Å². The molecule has 4 rings (SSSR count). The maximum Gasteiger partial charge on any atom is 0.416 e. The third-order valence-electron chi connectivity index (χ3n) is 6.14. The maximum atomic E-state index is 13.5. The van der Waals surface area contributed by atoms with Crippen LogP contribution in [-0.2, 0) is 17.4 Å². The Bertz CT molecular complexity index is 1250. The van der Waals surface area contributed by atoms with Crippen molar-refractivity contribution in [3.63, 3.8) is 0 Å². The standard InChI is InChI=1S/C24H20F3N3O2S/c1-3-16-17(8-7-13(12-28)22(16)33)21-20-18(9-10-19(20)31)30(23(32)29(21)2)15-6-4-5-14(11-15)24(25,26)27/h4-8,11,21,33H,3,9-10H2,1-2H3. The average Bonchev–Trinajstić information content (AvgIpc) is 3.15. The van der Waals surface area contributed by atoms with Crippen LogP contribution in [0.15, 0.2) is 52.6 Å². The summed E-state index contributed by atoms with van der Waals surface area (Å²) in [4.78, 5) is 29.5. The number of Topliss-reactive ketones (excluding diaryl/α,β-unsaturated/α-hetero) is 1. The highest BCUT2D eigenvalue weighted by molar-refractivity contribution is 7.80. The third-order valence-corrected chi connectivity index (χ3v) is 6.65. The fourth-order valence-electron chi connectivity index (χ4n) is 4.60. The minimum Gasteiger partial charge on any atom is -0.316 e. The minimum absolute atomic E-state index is 0.0627. The molecule has 0 spiro atoms. The molecule has 1 unspecified atom stereocenters. The number of hydrogen-bond acceptors (Lipinski definition) is 4. The van der Waals surface area contributed by atoms with Crippen LogP contribution in [0.2, 0.25) is 0 Å². The predicted molar refractivity (Wildman–Crippen MR) is 119 cm³/mol. The molecule has 0 radical (unpaired) electrons. The summed E-state index contributed by atoms with van der Waals surface area (Å²) in [7, 11) is 1.53. The Hall–Kier alpha value is -3.25. The smallest absolute Gasteiger partial charge is 0.316 e. The lowest BCUT2D eigenvalue weighted by molar-refractivity contribution is -0.137. The molecule has 33 heavy (non-hydrogen) atoms. The number of urea groups is 1. The van der Waals surface area contributed by atoms with Crippen LogP contribution in [0.4, 0.5) is 23.7 Å². The maximum absolute atomic E-state index is 13.5. The molecule has 9 heteroatoms. The van der Waals surface area contributed by atoms with E-state index in [2.05, 4.69) is 18.7 Å². The van der Waals surface area contributed by atoms with E-state index >= 15 is 0 Å². The third kappa shape index (κ3) is 3.68. The number of nitriles is 1. The number of likely N-dealkylation sites (N-methyl/N-ethyl adjacent to an activating group) is 1. The summed E-state index contributed by atoms with van der Waals surface area (Å²) < 4.78 is 39.9. The van der Waals surface area contributed by atoms with E-state index in [1.54, 1.807) is 12.1 Å². The Morgan fingerprint density at radius 1 is 1.18 bits per heavy atom. The first kappa shape index (κ1) is 22.9. The van der Waals surface area contributed by atoms with Gasteiger partial charge in [0.15, 0.2) is 5.78 Å². The van der Waals surface area contributed by atoms with Crippen molar-refractivity contribution in [2.45, 2.75) is 43.3 Å². The molecule has 2 amide bonds. The second kappa shape index (κ2) is 8.27. The summed E-state index contributed by atoms with van der Waals surface area (Å²) in [6, 6.07) is 8.72. The van der Waals surface area contributed by atoms with E-state index in [4.69, 9.17) is 0 Å². The van der Waals surface area contributed by atoms with Crippen LogP contribution in [0.25, 0.3) is 0 Å². The van der Waals surface area contributed by atoms with Gasteiger partial charge in [0.05, 0.1) is 22.9 Å². The molecule has 0 saturated carbocycles. The zero-order valence-corrected chi connectivity index (χ0v) is 18.8. The largest absolute Gasteiger partial charge is 0.416 e. The number of nitrogens with zero attached hydrogens (tertiary/aromatic N) is 3. The zero-order valence-electron chi connectivity index (χ0n) is 17.9. The Morgan fingerprint density at radius 2 is 1.91 bits per heavy atom. The summed E-state index contributed by atoms with van der Waals surface area (Å²) in [5.74, 6) is -0.154. The van der Waals surface area contributed by atoms with Crippen LogP contribution in [0.3, 0.4) is 0 Å². The molecule has 5 nitrogen and oxygen atoms in total. The molecule has 0 bridgehead atoms. The highest BCUT2D eigenvalue weighted by atomic mass is 32.1. The van der Waals surface area contributed by atoms with Crippen molar-refractivity contribution >= 4 is 30.1 Å². The van der Waals surface area contributed by atoms with Crippen molar-refractivity contribution in [2.75, 3.05) is 11.9 Å². The lowest BCUT2D eigenvalue weighted by Gasteiger charge is -2.41. The number of alkyl halides is 3. The van der Waals surface area contributed by atoms with Crippen molar-refractivity contribution in [2.24, 2.45) is 0 Å². The second-order valence-electron chi connectivity index (χ2n) is 7.96. The van der Waals surface area contributed by atoms with Gasteiger partial charge in [-0.05, 0) is 48.2 Å². The Kier molecular flexibility index (Phi) is 5.74. The first-order valence-electron chi connectivity index (χ1n) is 10.3. The Morgan fingerprint density at radius 3 is 2.55 bits per heavy atom. The van der Waals surface area contributed by atoms with E-state index in [9.17, 15) is 28.0 Å². The molecule has 1 aliphatic heterocycles. The van der Waals surface area contributed by atoms with Gasteiger partial charge < -0.3 is 4.90 Å². The lowest BCUT2D eigenvalue weighted by atomic mass is 9.88. The van der Waals surface area contributed by atoms with E-state index in [-0.39, 0.29) is 24.3 Å². The molecule has 0 saturated heterocycles. The van der Waals surface area contributed by atoms with Crippen LogP contribution in [0, 0.1) is 11.3 Å². The summed E-state index contributed by atoms with van der Waals surface area (Å²) in [6.45, 7) is 1.89. The number of allylic oxidation sites excluding steroid dienone is 1. The number of anilines is 1. The summed E-state index contributed by atoms with van der Waals surface area (Å²) in [5.41, 5.74) is 1.82. The second-order valence-corrected chi connectivity index (χ2v) is 8.41. The van der Waals surface area contributed by atoms with Crippen LogP contribution >= 0.6 is 12.6 Å². The van der Waals surface area contributed by atoms with Gasteiger partial charge in [0.2, 0.25) is 0 Å². The van der Waals surface area contributed by atoms with Crippen molar-refractivity contribution in [1.29, 1.82) is 5.26 Å². The number of carbonyl (C=O) groups excluding carboxylic acids is 2. The summed E-state index contributed by atoms with van der Waals surface area (Å²) >= 11 is 4.50. The van der Waals surface area contributed by atoms with Gasteiger partial charge in [0.25, 0.3) is 0 Å². The van der Waals surface area contributed by atoms with Crippen LogP contribution in [-0.4, -0.2) is 23.8 Å². The molecule has 2 aromatic carbocycles. The van der Waals surface area contributed by atoms with Crippen LogP contribution in [0.5, 0.6) is 0 Å². The fourth-order valence-corrected chi connectivity index (χ4v) is 5.02. The van der Waals surface area contributed by atoms with Gasteiger partial charge >= 0.3 is 12.2 Å². The first-order chi connectivity index (χ1) is 15.6. The summed E-state index contributed by atoms with van der Waals surface area (Å²) in [6.07, 6.45) is -3.61. The molecule has 1 heterocycles. The van der Waals surface area contributed by atoms with Gasteiger partial charge in [0, 0.05) is 29.6 Å². The first-order valence-corrected chi connectivity index (χ1v) is 10.8. The van der Waals surface area contributed by atoms with Crippen LogP contribution < -0.4 is 4.90 Å². The highest BCUT2D eigenvalue weighted by Crippen LogP contribution is 2.46. The van der Waals surface area contributed by atoms with Gasteiger partial charge in [0.1, 0.15) is 6.07 Å². The topological polar surface area (TPSA) is 64.4 Å². The quantitative estimate of drug-likeness (QED) is 0.588. The highest BCUT2D eigenvalue weighted by Gasteiger charge is 2.45. The Labute approximate surface area is 194 Å². The molecule has 0 N–H and O–H groups in total. The monoisotopic (exact) mass is 471 g/mol. The van der Waals surface area contributed by atoms with Crippen molar-refractivity contribution in [3.05, 3.63) is 69.9 Å².